The van der Waals surface area contributed by atoms with Crippen molar-refractivity contribution in [1.29, 1.82) is 0 Å². The maximum Gasteiger partial charge on any atom is 0.339 e. The molecule has 0 spiro atoms. The fraction of sp³-hybridized carbons (Fsp3) is 0.188. The zero-order valence-electron chi connectivity index (χ0n) is 11.5. The van der Waals surface area contributed by atoms with Crippen molar-refractivity contribution in [3.8, 4) is 11.5 Å². The highest BCUT2D eigenvalue weighted by Gasteiger charge is 2.17. The third-order valence-electron chi connectivity index (χ3n) is 2.84. The number of aromatic carboxylic acids is 1. The van der Waals surface area contributed by atoms with Crippen molar-refractivity contribution in [2.75, 3.05) is 6.61 Å². The fourth-order valence-corrected chi connectivity index (χ4v) is 2.06. The first-order valence-electron chi connectivity index (χ1n) is 6.48. The van der Waals surface area contributed by atoms with Crippen molar-refractivity contribution in [2.45, 2.75) is 13.5 Å². The number of benzene rings is 2. The van der Waals surface area contributed by atoms with Crippen molar-refractivity contribution in [3.05, 3.63) is 58.6 Å². The monoisotopic (exact) mass is 306 g/mol. The van der Waals surface area contributed by atoms with E-state index in [1.54, 1.807) is 18.2 Å². The highest BCUT2D eigenvalue weighted by atomic mass is 35.5. The molecule has 0 atom stereocenters. The summed E-state index contributed by atoms with van der Waals surface area (Å²) in [4.78, 5) is 11.3. The van der Waals surface area contributed by atoms with Crippen LogP contribution in [0.2, 0.25) is 5.02 Å². The Hall–Kier alpha value is -2.20. The second kappa shape index (κ2) is 6.99. The van der Waals surface area contributed by atoms with E-state index in [0.29, 0.717) is 17.4 Å². The van der Waals surface area contributed by atoms with Gasteiger partial charge in [0.1, 0.15) is 12.2 Å². The molecule has 2 aromatic rings. The van der Waals surface area contributed by atoms with Crippen molar-refractivity contribution in [3.63, 3.8) is 0 Å². The van der Waals surface area contributed by atoms with Crippen molar-refractivity contribution in [2.24, 2.45) is 0 Å². The van der Waals surface area contributed by atoms with Gasteiger partial charge in [0, 0.05) is 10.6 Å². The number of carbonyl (C=O) groups is 1. The molecule has 0 aliphatic carbocycles. The Labute approximate surface area is 127 Å². The number of ether oxygens (including phenoxy) is 2. The molecular weight excluding hydrogens is 292 g/mol. The van der Waals surface area contributed by atoms with Crippen LogP contribution >= 0.6 is 11.6 Å². The third-order valence-corrected chi connectivity index (χ3v) is 3.21. The zero-order valence-corrected chi connectivity index (χ0v) is 12.3. The average molecular weight is 307 g/mol. The predicted octanol–water partition coefficient (Wildman–Crippen LogP) is 4.02. The molecule has 0 saturated carbocycles. The van der Waals surface area contributed by atoms with Gasteiger partial charge in [-0.15, -0.1) is 0 Å². The summed E-state index contributed by atoms with van der Waals surface area (Å²) in [6.07, 6.45) is 0. The van der Waals surface area contributed by atoms with Crippen LogP contribution in [0.25, 0.3) is 0 Å². The van der Waals surface area contributed by atoms with Crippen LogP contribution < -0.4 is 9.47 Å². The van der Waals surface area contributed by atoms with Gasteiger partial charge in [-0.3, -0.25) is 0 Å². The number of hydrogen-bond donors (Lipinski definition) is 1. The molecular formula is C16H15ClO4. The molecule has 110 valence electrons. The van der Waals surface area contributed by atoms with Crippen LogP contribution in [0.15, 0.2) is 42.5 Å². The van der Waals surface area contributed by atoms with Gasteiger partial charge in [-0.25, -0.2) is 4.79 Å². The first kappa shape index (κ1) is 15.2. The molecule has 0 heterocycles. The van der Waals surface area contributed by atoms with E-state index < -0.39 is 5.97 Å². The smallest absolute Gasteiger partial charge is 0.339 e. The van der Waals surface area contributed by atoms with E-state index in [-0.39, 0.29) is 17.9 Å². The molecule has 0 amide bonds. The number of carboxylic acid groups (broad SMARTS) is 1. The van der Waals surface area contributed by atoms with Gasteiger partial charge in [-0.05, 0) is 25.1 Å². The third kappa shape index (κ3) is 3.67. The Balaban J connectivity index is 2.29. The topological polar surface area (TPSA) is 55.8 Å². The van der Waals surface area contributed by atoms with Crippen LogP contribution in [0, 0.1) is 0 Å². The molecule has 0 radical (unpaired) electrons. The molecule has 0 aliphatic heterocycles. The molecule has 5 heteroatoms. The Bertz CT molecular complexity index is 640. The quantitative estimate of drug-likeness (QED) is 0.876. The predicted molar refractivity (Wildman–Crippen MR) is 80.4 cm³/mol. The highest BCUT2D eigenvalue weighted by Crippen LogP contribution is 2.32. The number of hydrogen-bond acceptors (Lipinski definition) is 3. The van der Waals surface area contributed by atoms with E-state index in [1.807, 2.05) is 25.1 Å². The number of rotatable bonds is 6. The van der Waals surface area contributed by atoms with E-state index in [2.05, 4.69) is 0 Å². The summed E-state index contributed by atoms with van der Waals surface area (Å²) in [6, 6.07) is 12.0. The minimum absolute atomic E-state index is 0.0630. The van der Waals surface area contributed by atoms with Crippen LogP contribution in [0.1, 0.15) is 22.8 Å². The Morgan fingerprint density at radius 1 is 1.14 bits per heavy atom. The molecule has 0 aliphatic rings. The van der Waals surface area contributed by atoms with Gasteiger partial charge in [0.2, 0.25) is 0 Å². The normalized spacial score (nSPS) is 10.2. The summed E-state index contributed by atoms with van der Waals surface area (Å²) in [5.41, 5.74) is 0.842. The van der Waals surface area contributed by atoms with E-state index >= 15 is 0 Å². The number of halogens is 1. The Morgan fingerprint density at radius 2 is 1.90 bits per heavy atom. The first-order valence-corrected chi connectivity index (χ1v) is 6.86. The number of para-hydroxylation sites is 1. The SMILES string of the molecule is CCOc1cccc(C(=O)O)c1OCc1ccccc1Cl. The summed E-state index contributed by atoms with van der Waals surface area (Å²) < 4.78 is 11.1. The lowest BCUT2D eigenvalue weighted by molar-refractivity contribution is 0.0690. The molecule has 1 N–H and O–H groups in total. The fourth-order valence-electron chi connectivity index (χ4n) is 1.87. The standard InChI is InChI=1S/C16H15ClO4/c1-2-20-14-9-5-7-12(16(18)19)15(14)21-10-11-6-3-4-8-13(11)17/h3-9H,2,10H2,1H3,(H,18,19). The minimum Gasteiger partial charge on any atom is -0.490 e. The van der Waals surface area contributed by atoms with E-state index in [4.69, 9.17) is 21.1 Å². The van der Waals surface area contributed by atoms with Crippen LogP contribution in [0.4, 0.5) is 0 Å². The second-order valence-electron chi connectivity index (χ2n) is 4.25. The van der Waals surface area contributed by atoms with Crippen LogP contribution in [0.5, 0.6) is 11.5 Å². The maximum absolute atomic E-state index is 11.3. The van der Waals surface area contributed by atoms with Crippen LogP contribution in [-0.2, 0) is 6.61 Å². The minimum atomic E-state index is -1.06. The zero-order chi connectivity index (χ0) is 15.2. The summed E-state index contributed by atoms with van der Waals surface area (Å²) in [5, 5.41) is 9.82. The van der Waals surface area contributed by atoms with Gasteiger partial charge in [0.25, 0.3) is 0 Å². The molecule has 0 fully saturated rings. The summed E-state index contributed by atoms with van der Waals surface area (Å²) in [6.45, 7) is 2.42. The first-order chi connectivity index (χ1) is 10.1. The van der Waals surface area contributed by atoms with E-state index in [0.717, 1.165) is 5.56 Å². The van der Waals surface area contributed by atoms with E-state index in [9.17, 15) is 9.90 Å². The molecule has 2 rings (SSSR count). The van der Waals surface area contributed by atoms with Gasteiger partial charge >= 0.3 is 5.97 Å². The molecule has 0 bridgehead atoms. The molecule has 21 heavy (non-hydrogen) atoms. The average Bonchev–Trinajstić information content (AvgIpc) is 2.47. The van der Waals surface area contributed by atoms with Gasteiger partial charge in [-0.2, -0.15) is 0 Å². The molecule has 4 nitrogen and oxygen atoms in total. The van der Waals surface area contributed by atoms with E-state index in [1.165, 1.54) is 6.07 Å². The van der Waals surface area contributed by atoms with Crippen molar-refractivity contribution in [1.82, 2.24) is 0 Å². The highest BCUT2D eigenvalue weighted by molar-refractivity contribution is 6.31. The summed E-state index contributed by atoms with van der Waals surface area (Å²) in [5.74, 6) is -0.443. The van der Waals surface area contributed by atoms with Gasteiger partial charge in [0.05, 0.1) is 6.61 Å². The lowest BCUT2D eigenvalue weighted by Crippen LogP contribution is -2.06. The largest absolute Gasteiger partial charge is 0.490 e. The van der Waals surface area contributed by atoms with Crippen LogP contribution in [-0.4, -0.2) is 17.7 Å². The molecule has 0 saturated heterocycles. The number of carboxylic acids is 1. The van der Waals surface area contributed by atoms with Crippen molar-refractivity contribution >= 4 is 17.6 Å². The maximum atomic E-state index is 11.3. The second-order valence-corrected chi connectivity index (χ2v) is 4.66. The summed E-state index contributed by atoms with van der Waals surface area (Å²) >= 11 is 6.07. The Morgan fingerprint density at radius 3 is 2.57 bits per heavy atom. The molecule has 0 aromatic heterocycles. The van der Waals surface area contributed by atoms with Crippen molar-refractivity contribution < 1.29 is 19.4 Å². The van der Waals surface area contributed by atoms with Crippen LogP contribution in [0.3, 0.4) is 0 Å². The van der Waals surface area contributed by atoms with Gasteiger partial charge < -0.3 is 14.6 Å². The lowest BCUT2D eigenvalue weighted by atomic mass is 10.2. The molecule has 2 aromatic carbocycles. The Kier molecular flexibility index (Phi) is 5.06. The van der Waals surface area contributed by atoms with Gasteiger partial charge in [-0.1, -0.05) is 35.9 Å². The lowest BCUT2D eigenvalue weighted by Gasteiger charge is -2.14. The molecule has 0 unspecified atom stereocenters. The van der Waals surface area contributed by atoms with Gasteiger partial charge in [0.15, 0.2) is 11.5 Å². The summed E-state index contributed by atoms with van der Waals surface area (Å²) in [7, 11) is 0.